The number of ether oxygens (including phenoxy) is 2. The van der Waals surface area contributed by atoms with E-state index in [4.69, 9.17) is 20.9 Å². The first-order valence-corrected chi connectivity index (χ1v) is 20.6. The van der Waals surface area contributed by atoms with E-state index in [0.29, 0.717) is 13.2 Å². The molecule has 0 rings (SSSR count). The van der Waals surface area contributed by atoms with Crippen LogP contribution in [0.2, 0.25) is 51.4 Å². The van der Waals surface area contributed by atoms with Gasteiger partial charge in [0.05, 0.1) is 25.6 Å². The molecule has 0 saturated heterocycles. The number of alkyl halides is 6. The number of amides is 2. The Morgan fingerprint density at radius 2 is 1.10 bits per heavy atom. The second kappa shape index (κ2) is 17.4. The maximum absolute atomic E-state index is 12.4. The van der Waals surface area contributed by atoms with E-state index >= 15 is 0 Å². The number of carbonyl (C=O) groups excluding carboxylic acids is 2. The minimum atomic E-state index is -4.32. The quantitative estimate of drug-likeness (QED) is 0.192. The van der Waals surface area contributed by atoms with Crippen molar-refractivity contribution in [3.63, 3.8) is 0 Å². The van der Waals surface area contributed by atoms with Gasteiger partial charge in [-0.2, -0.15) is 26.3 Å². The zero-order valence-corrected chi connectivity index (χ0v) is 27.3. The van der Waals surface area contributed by atoms with Crippen molar-refractivity contribution >= 4 is 28.3 Å². The molecule has 0 fully saturated rings. The molecule has 40 heavy (non-hydrogen) atoms. The molecule has 0 aromatic heterocycles. The molecule has 0 bridgehead atoms. The molecular weight excluding hydrogens is 578 g/mol. The normalized spacial score (nSPS) is 14.8. The van der Waals surface area contributed by atoms with Crippen molar-refractivity contribution in [1.29, 1.82) is 0 Å². The molecule has 2 amide bonds. The van der Waals surface area contributed by atoms with Gasteiger partial charge in [0.2, 0.25) is 0 Å². The van der Waals surface area contributed by atoms with Crippen LogP contribution < -0.4 is 11.5 Å². The Balaban J connectivity index is 0. The summed E-state index contributed by atoms with van der Waals surface area (Å²) < 4.78 is 83.6. The number of hydrogen-bond donors (Lipinski definition) is 2. The number of hydrogen-bond acceptors (Lipinski definition) is 6. The Hall–Kier alpha value is -1.53. The smallest absolute Gasteiger partial charge is 0.409 e. The number of rotatable bonds is 13. The fourth-order valence-corrected chi connectivity index (χ4v) is 4.42. The van der Waals surface area contributed by atoms with Crippen LogP contribution in [0.3, 0.4) is 0 Å². The summed E-state index contributed by atoms with van der Waals surface area (Å²) in [5, 5.41) is 0. The third-order valence-corrected chi connectivity index (χ3v) is 8.91. The standard InChI is InChI=1S/C13H27F3N2O2Si.C11H23F3N2O2Si/c1-10(13(14,15)16)8-11(17)9-18(2)12(19)20-6-7-21(3,4)5;1-16(8-9(15)7-11(12,13)14)10(17)18-5-6-19(2,3)4/h10-11H,6-9,17H2,1-5H3;9H,5-8,15H2,1-4H3. The van der Waals surface area contributed by atoms with Gasteiger partial charge < -0.3 is 30.7 Å². The maximum atomic E-state index is 12.4. The number of likely N-dealkylation sites (N-methyl/N-ethyl adjacent to an activating group) is 2. The van der Waals surface area contributed by atoms with Gasteiger partial charge in [-0.15, -0.1) is 0 Å². The van der Waals surface area contributed by atoms with Crippen LogP contribution in [0.1, 0.15) is 19.8 Å². The summed E-state index contributed by atoms with van der Waals surface area (Å²) in [7, 11) is 0.292. The molecule has 0 aliphatic heterocycles. The number of nitrogens with two attached hydrogens (primary N) is 2. The molecule has 0 aromatic rings. The van der Waals surface area contributed by atoms with Crippen LogP contribution in [0.5, 0.6) is 0 Å². The lowest BCUT2D eigenvalue weighted by Crippen LogP contribution is -2.41. The number of halogens is 6. The molecule has 0 aliphatic rings. The third kappa shape index (κ3) is 24.3. The first-order valence-electron chi connectivity index (χ1n) is 13.1. The highest BCUT2D eigenvalue weighted by Crippen LogP contribution is 2.29. The fraction of sp³-hybridized carbons (Fsp3) is 0.917. The molecular formula is C24H50F6N4O4Si2. The molecule has 3 unspecified atom stereocenters. The molecule has 0 spiro atoms. The molecule has 240 valence electrons. The molecule has 4 N–H and O–H groups in total. The summed E-state index contributed by atoms with van der Waals surface area (Å²) in [6, 6.07) is -0.184. The lowest BCUT2D eigenvalue weighted by Gasteiger charge is -2.24. The van der Waals surface area contributed by atoms with Gasteiger partial charge in [-0.05, 0) is 18.5 Å². The van der Waals surface area contributed by atoms with Crippen LogP contribution in [0.4, 0.5) is 35.9 Å². The van der Waals surface area contributed by atoms with E-state index in [9.17, 15) is 35.9 Å². The van der Waals surface area contributed by atoms with E-state index in [2.05, 4.69) is 39.3 Å². The van der Waals surface area contributed by atoms with Crippen molar-refractivity contribution in [3.05, 3.63) is 0 Å². The van der Waals surface area contributed by atoms with Crippen LogP contribution in [0.25, 0.3) is 0 Å². The molecule has 0 aromatic carbocycles. The summed E-state index contributed by atoms with van der Waals surface area (Å²) in [6.07, 6.45) is -11.1. The monoisotopic (exact) mass is 628 g/mol. The Morgan fingerprint density at radius 3 is 1.40 bits per heavy atom. The first-order chi connectivity index (χ1) is 17.7. The summed E-state index contributed by atoms with van der Waals surface area (Å²) >= 11 is 0. The average Bonchev–Trinajstić information content (AvgIpc) is 2.69. The van der Waals surface area contributed by atoms with Gasteiger partial charge >= 0.3 is 24.5 Å². The van der Waals surface area contributed by atoms with Crippen molar-refractivity contribution in [2.24, 2.45) is 17.4 Å². The molecule has 0 radical (unpaired) electrons. The van der Waals surface area contributed by atoms with Gasteiger partial charge in [0.1, 0.15) is 0 Å². The van der Waals surface area contributed by atoms with Gasteiger partial charge in [0, 0.05) is 55.4 Å². The van der Waals surface area contributed by atoms with Crippen LogP contribution in [-0.2, 0) is 9.47 Å². The van der Waals surface area contributed by atoms with Gasteiger partial charge in [0.15, 0.2) is 0 Å². The maximum Gasteiger partial charge on any atom is 0.409 e. The molecule has 3 atom stereocenters. The Kier molecular flexibility index (Phi) is 17.7. The highest BCUT2D eigenvalue weighted by Gasteiger charge is 2.37. The van der Waals surface area contributed by atoms with Crippen LogP contribution in [-0.4, -0.2) is 103 Å². The molecule has 0 aliphatic carbocycles. The average molecular weight is 629 g/mol. The van der Waals surface area contributed by atoms with Crippen molar-refractivity contribution in [2.75, 3.05) is 40.4 Å². The van der Waals surface area contributed by atoms with Crippen LogP contribution in [0, 0.1) is 5.92 Å². The van der Waals surface area contributed by atoms with Gasteiger partial charge in [-0.1, -0.05) is 46.2 Å². The minimum Gasteiger partial charge on any atom is -0.450 e. The van der Waals surface area contributed by atoms with E-state index < -0.39 is 65.1 Å². The Labute approximate surface area is 237 Å². The van der Waals surface area contributed by atoms with E-state index in [1.54, 1.807) is 0 Å². The van der Waals surface area contributed by atoms with Gasteiger partial charge in [-0.3, -0.25) is 0 Å². The van der Waals surface area contributed by atoms with Crippen molar-refractivity contribution in [1.82, 2.24) is 9.80 Å². The summed E-state index contributed by atoms with van der Waals surface area (Å²) in [5.41, 5.74) is 11.0. The van der Waals surface area contributed by atoms with Gasteiger partial charge in [0.25, 0.3) is 0 Å². The highest BCUT2D eigenvalue weighted by atomic mass is 28.3. The minimum absolute atomic E-state index is 0.0478. The number of carbonyl (C=O) groups is 2. The third-order valence-electron chi connectivity index (χ3n) is 5.50. The van der Waals surface area contributed by atoms with Crippen molar-refractivity contribution in [3.8, 4) is 0 Å². The van der Waals surface area contributed by atoms with E-state index in [0.717, 1.165) is 23.9 Å². The highest BCUT2D eigenvalue weighted by molar-refractivity contribution is 6.76. The summed E-state index contributed by atoms with van der Waals surface area (Å²) in [6.45, 7) is 14.5. The predicted octanol–water partition coefficient (Wildman–Crippen LogP) is 5.98. The van der Waals surface area contributed by atoms with Crippen LogP contribution in [0.15, 0.2) is 0 Å². The molecule has 8 nitrogen and oxygen atoms in total. The molecule has 0 heterocycles. The number of nitrogens with zero attached hydrogens (tertiary/aromatic N) is 2. The van der Waals surface area contributed by atoms with Gasteiger partial charge in [-0.25, -0.2) is 9.59 Å². The lowest BCUT2D eigenvalue weighted by atomic mass is 10.0. The SMILES string of the molecule is CC(CC(N)CN(C)C(=O)OCC[Si](C)(C)C)C(F)(F)F.CN(CC(N)CC(F)(F)F)C(=O)OCC[Si](C)(C)C. The zero-order chi connectivity index (χ0) is 32.1. The van der Waals surface area contributed by atoms with E-state index in [1.165, 1.54) is 19.0 Å². The summed E-state index contributed by atoms with van der Waals surface area (Å²) in [4.78, 5) is 25.5. The Bertz CT molecular complexity index is 747. The second-order valence-electron chi connectivity index (χ2n) is 12.6. The second-order valence-corrected chi connectivity index (χ2v) is 23.9. The van der Waals surface area contributed by atoms with E-state index in [-0.39, 0.29) is 19.5 Å². The fourth-order valence-electron chi connectivity index (χ4n) is 2.99. The first kappa shape index (κ1) is 40.6. The predicted molar refractivity (Wildman–Crippen MR) is 151 cm³/mol. The van der Waals surface area contributed by atoms with E-state index in [1.807, 2.05) is 0 Å². The Morgan fingerprint density at radius 1 is 0.750 bits per heavy atom. The van der Waals surface area contributed by atoms with Crippen molar-refractivity contribution in [2.45, 2.75) is 95.6 Å². The molecule has 16 heteroatoms. The zero-order valence-electron chi connectivity index (χ0n) is 25.3. The topological polar surface area (TPSA) is 111 Å². The van der Waals surface area contributed by atoms with Crippen molar-refractivity contribution < 1.29 is 45.4 Å². The molecule has 0 saturated carbocycles. The van der Waals surface area contributed by atoms with Crippen LogP contribution >= 0.6 is 0 Å². The summed E-state index contributed by atoms with van der Waals surface area (Å²) in [5.74, 6) is -1.48. The lowest BCUT2D eigenvalue weighted by molar-refractivity contribution is -0.172. The largest absolute Gasteiger partial charge is 0.450 e.